The fraction of sp³-hybridized carbons (Fsp3) is 0.714. The number of aromatic nitrogens is 2. The minimum absolute atomic E-state index is 0.265. The minimum Gasteiger partial charge on any atom is -0.377 e. The number of nitrogens with zero attached hydrogens (tertiary/aromatic N) is 2. The summed E-state index contributed by atoms with van der Waals surface area (Å²) in [6.07, 6.45) is 0.265. The standard InChI is InChI=1S/C7H14N4OS/c1-5(2)12-4-3-9-7-10-6(8)11-13-7/h5H,3-4H2,1-2H3,(H3,8,9,10,11). The second kappa shape index (κ2) is 4.98. The maximum absolute atomic E-state index is 5.35. The van der Waals surface area contributed by atoms with E-state index in [0.717, 1.165) is 11.7 Å². The lowest BCUT2D eigenvalue weighted by molar-refractivity contribution is 0.0870. The highest BCUT2D eigenvalue weighted by Gasteiger charge is 1.98. The largest absolute Gasteiger partial charge is 0.377 e. The molecule has 1 aromatic heterocycles. The van der Waals surface area contributed by atoms with Crippen LogP contribution >= 0.6 is 11.5 Å². The van der Waals surface area contributed by atoms with Gasteiger partial charge in [-0.05, 0) is 13.8 Å². The summed E-state index contributed by atoms with van der Waals surface area (Å²) in [4.78, 5) is 3.95. The summed E-state index contributed by atoms with van der Waals surface area (Å²) in [6.45, 7) is 5.40. The molecule has 0 fully saturated rings. The molecule has 13 heavy (non-hydrogen) atoms. The molecule has 1 aromatic rings. The third-order valence-electron chi connectivity index (χ3n) is 1.27. The van der Waals surface area contributed by atoms with Crippen LogP contribution in [0.1, 0.15) is 13.8 Å². The fourth-order valence-electron chi connectivity index (χ4n) is 0.759. The number of rotatable bonds is 5. The van der Waals surface area contributed by atoms with Gasteiger partial charge in [0.15, 0.2) is 0 Å². The van der Waals surface area contributed by atoms with Gasteiger partial charge >= 0.3 is 0 Å². The molecule has 0 unspecified atom stereocenters. The maximum Gasteiger partial charge on any atom is 0.233 e. The third-order valence-corrected chi connectivity index (χ3v) is 1.96. The summed E-state index contributed by atoms with van der Waals surface area (Å²) < 4.78 is 9.17. The van der Waals surface area contributed by atoms with Gasteiger partial charge < -0.3 is 15.8 Å². The summed E-state index contributed by atoms with van der Waals surface area (Å²) in [5.74, 6) is 0.317. The Bertz CT molecular complexity index is 250. The molecule has 0 radical (unpaired) electrons. The van der Waals surface area contributed by atoms with Crippen LogP contribution < -0.4 is 11.1 Å². The summed E-state index contributed by atoms with van der Waals surface area (Å²) in [5.41, 5.74) is 5.35. The second-order valence-electron chi connectivity index (χ2n) is 2.80. The Morgan fingerprint density at radius 3 is 2.92 bits per heavy atom. The number of nitrogen functional groups attached to an aromatic ring is 1. The van der Waals surface area contributed by atoms with Crippen LogP contribution in [-0.2, 0) is 4.74 Å². The maximum atomic E-state index is 5.35. The Kier molecular flexibility index (Phi) is 3.91. The van der Waals surface area contributed by atoms with Crippen molar-refractivity contribution in [3.05, 3.63) is 0 Å². The van der Waals surface area contributed by atoms with Crippen molar-refractivity contribution in [2.24, 2.45) is 0 Å². The van der Waals surface area contributed by atoms with Crippen LogP contribution in [0.25, 0.3) is 0 Å². The Morgan fingerprint density at radius 1 is 1.62 bits per heavy atom. The zero-order valence-corrected chi connectivity index (χ0v) is 8.60. The molecule has 0 aliphatic carbocycles. The summed E-state index contributed by atoms with van der Waals surface area (Å²) in [6, 6.07) is 0. The molecule has 6 heteroatoms. The Labute approximate surface area is 81.5 Å². The molecule has 1 heterocycles. The van der Waals surface area contributed by atoms with Crippen molar-refractivity contribution in [2.45, 2.75) is 20.0 Å². The molecule has 0 aliphatic rings. The van der Waals surface area contributed by atoms with E-state index in [2.05, 4.69) is 14.7 Å². The zero-order valence-electron chi connectivity index (χ0n) is 7.78. The Hall–Kier alpha value is -0.880. The number of nitrogens with two attached hydrogens (primary N) is 1. The normalized spacial score (nSPS) is 10.7. The van der Waals surface area contributed by atoms with E-state index in [1.165, 1.54) is 11.5 Å². The van der Waals surface area contributed by atoms with Gasteiger partial charge in [-0.3, -0.25) is 0 Å². The monoisotopic (exact) mass is 202 g/mol. The molecule has 0 bridgehead atoms. The predicted octanol–water partition coefficient (Wildman–Crippen LogP) is 0.957. The van der Waals surface area contributed by atoms with Crippen LogP contribution in [0.5, 0.6) is 0 Å². The van der Waals surface area contributed by atoms with Crippen molar-refractivity contribution in [2.75, 3.05) is 24.2 Å². The van der Waals surface area contributed by atoms with Crippen LogP contribution in [0.15, 0.2) is 0 Å². The van der Waals surface area contributed by atoms with E-state index in [9.17, 15) is 0 Å². The number of hydrogen-bond donors (Lipinski definition) is 2. The van der Waals surface area contributed by atoms with Gasteiger partial charge in [-0.2, -0.15) is 9.36 Å². The van der Waals surface area contributed by atoms with Crippen molar-refractivity contribution in [1.29, 1.82) is 0 Å². The molecule has 0 amide bonds. The third kappa shape index (κ3) is 4.05. The Balaban J connectivity index is 2.13. The van der Waals surface area contributed by atoms with Crippen molar-refractivity contribution >= 4 is 22.6 Å². The topological polar surface area (TPSA) is 73.1 Å². The van der Waals surface area contributed by atoms with Crippen LogP contribution in [0.3, 0.4) is 0 Å². The quantitative estimate of drug-likeness (QED) is 0.696. The van der Waals surface area contributed by atoms with E-state index in [1.54, 1.807) is 0 Å². The van der Waals surface area contributed by atoms with E-state index in [0.29, 0.717) is 12.6 Å². The lowest BCUT2D eigenvalue weighted by atomic mass is 10.5. The van der Waals surface area contributed by atoms with Gasteiger partial charge in [-0.25, -0.2) is 0 Å². The molecular weight excluding hydrogens is 188 g/mol. The second-order valence-corrected chi connectivity index (χ2v) is 3.56. The molecule has 0 saturated heterocycles. The highest BCUT2D eigenvalue weighted by molar-refractivity contribution is 7.09. The van der Waals surface area contributed by atoms with Crippen LogP contribution in [0.4, 0.5) is 11.1 Å². The van der Waals surface area contributed by atoms with E-state index >= 15 is 0 Å². The molecule has 0 aromatic carbocycles. The van der Waals surface area contributed by atoms with Crippen molar-refractivity contribution < 1.29 is 4.74 Å². The fourth-order valence-corrected chi connectivity index (χ4v) is 1.28. The van der Waals surface area contributed by atoms with Crippen LogP contribution in [-0.4, -0.2) is 28.6 Å². The van der Waals surface area contributed by atoms with Crippen molar-refractivity contribution in [3.63, 3.8) is 0 Å². The first kappa shape index (κ1) is 10.2. The molecule has 0 aliphatic heterocycles. The average Bonchev–Trinajstić information content (AvgIpc) is 2.45. The summed E-state index contributed by atoms with van der Waals surface area (Å²) in [7, 11) is 0. The van der Waals surface area contributed by atoms with E-state index in [4.69, 9.17) is 10.5 Å². The molecule has 0 atom stereocenters. The molecule has 5 nitrogen and oxygen atoms in total. The smallest absolute Gasteiger partial charge is 0.233 e. The molecular formula is C7H14N4OS. The first-order valence-corrected chi connectivity index (χ1v) is 4.90. The lowest BCUT2D eigenvalue weighted by Gasteiger charge is -2.06. The first-order chi connectivity index (χ1) is 6.18. The zero-order chi connectivity index (χ0) is 9.68. The molecule has 0 saturated carbocycles. The van der Waals surface area contributed by atoms with Crippen molar-refractivity contribution in [1.82, 2.24) is 9.36 Å². The SMILES string of the molecule is CC(C)OCCNc1nc(N)ns1. The van der Waals surface area contributed by atoms with Crippen LogP contribution in [0, 0.1) is 0 Å². The van der Waals surface area contributed by atoms with Crippen LogP contribution in [0.2, 0.25) is 0 Å². The molecule has 74 valence electrons. The number of hydrogen-bond acceptors (Lipinski definition) is 6. The Morgan fingerprint density at radius 2 is 2.38 bits per heavy atom. The van der Waals surface area contributed by atoms with Gasteiger partial charge in [0.05, 0.1) is 12.7 Å². The molecule has 0 spiro atoms. The molecule has 3 N–H and O–H groups in total. The number of nitrogens with one attached hydrogen (secondary N) is 1. The number of anilines is 2. The summed E-state index contributed by atoms with van der Waals surface area (Å²) >= 11 is 1.26. The lowest BCUT2D eigenvalue weighted by Crippen LogP contribution is -2.13. The molecule has 1 rings (SSSR count). The highest BCUT2D eigenvalue weighted by Crippen LogP contribution is 2.10. The average molecular weight is 202 g/mol. The van der Waals surface area contributed by atoms with E-state index in [1.807, 2.05) is 13.8 Å². The highest BCUT2D eigenvalue weighted by atomic mass is 32.1. The van der Waals surface area contributed by atoms with Gasteiger partial charge in [0, 0.05) is 18.1 Å². The number of ether oxygens (including phenoxy) is 1. The summed E-state index contributed by atoms with van der Waals surface area (Å²) in [5, 5.41) is 3.80. The first-order valence-electron chi connectivity index (χ1n) is 4.13. The van der Waals surface area contributed by atoms with E-state index in [-0.39, 0.29) is 6.10 Å². The van der Waals surface area contributed by atoms with Gasteiger partial charge in [-0.1, -0.05) is 0 Å². The van der Waals surface area contributed by atoms with Crippen molar-refractivity contribution in [3.8, 4) is 0 Å². The van der Waals surface area contributed by atoms with Gasteiger partial charge in [0.2, 0.25) is 11.1 Å². The van der Waals surface area contributed by atoms with Gasteiger partial charge in [0.1, 0.15) is 0 Å². The predicted molar refractivity (Wildman–Crippen MR) is 53.9 cm³/mol. The minimum atomic E-state index is 0.265. The van der Waals surface area contributed by atoms with Gasteiger partial charge in [0.25, 0.3) is 0 Å². The van der Waals surface area contributed by atoms with Gasteiger partial charge in [-0.15, -0.1) is 0 Å². The van der Waals surface area contributed by atoms with E-state index < -0.39 is 0 Å².